The number of hydrogen-bond acceptors (Lipinski definition) is 21. The first-order chi connectivity index (χ1) is 66.7. The molecular weight excluding hydrogens is 2030 g/mol. The molecule has 19 rings (SSSR count). The van der Waals surface area contributed by atoms with Crippen molar-refractivity contribution in [2.45, 2.75) is 157 Å². The number of aliphatic carboxylic acids is 2. The topological polar surface area (TPSA) is 294 Å². The van der Waals surface area contributed by atoms with Gasteiger partial charge in [-0.2, -0.15) is 31.6 Å². The molecule has 0 spiro atoms. The van der Waals surface area contributed by atoms with Crippen molar-refractivity contribution in [2.24, 2.45) is 17.8 Å². The summed E-state index contributed by atoms with van der Waals surface area (Å²) in [6, 6.07) is 43.4. The summed E-state index contributed by atoms with van der Waals surface area (Å²) in [6.45, 7) is 22.4. The number of hydrogen-bond donors (Lipinski definition) is 1. The normalized spacial score (nSPS) is 14.9. The number of pyridine rings is 6. The average Bonchev–Trinajstić information content (AvgIpc) is 1.65. The first kappa shape index (κ1) is 115. The van der Waals surface area contributed by atoms with E-state index < -0.39 is 24.3 Å². The highest BCUT2D eigenvalue weighted by atomic mass is 35.5. The number of ether oxygens (including phenoxy) is 1. The molecule has 740 valence electrons. The van der Waals surface area contributed by atoms with E-state index in [2.05, 4.69) is 221 Å². The Hall–Kier alpha value is -13.0. The summed E-state index contributed by atoms with van der Waals surface area (Å²) in [6.07, 6.45) is 13.8. The number of H-pyrrole nitrogens is 6. The molecule has 5 unspecified atom stereocenters. The zero-order valence-electron chi connectivity index (χ0n) is 79.3. The molecular formula is C106H100Cl4F6N16O5S6. The number of thiazole rings is 6. The van der Waals surface area contributed by atoms with Crippen LogP contribution in [-0.2, 0) is 20.9 Å². The highest BCUT2D eigenvalue weighted by Crippen LogP contribution is 2.52. The quantitative estimate of drug-likeness (QED) is 0.160. The Labute approximate surface area is 877 Å². The summed E-state index contributed by atoms with van der Waals surface area (Å²) < 4.78 is 68.4. The second kappa shape index (κ2) is 56.2. The number of halogens is 10. The molecule has 0 radical (unpaired) electrons. The van der Waals surface area contributed by atoms with Crippen LogP contribution < -0.4 is 105 Å². The molecule has 4 bridgehead atoms. The number of carboxylic acids is 2. The van der Waals surface area contributed by atoms with E-state index in [-0.39, 0.29) is 55.2 Å². The first-order valence-electron chi connectivity index (χ1n) is 44.4. The maximum absolute atomic E-state index is 10.5. The molecule has 14 aromatic rings. The van der Waals surface area contributed by atoms with E-state index in [9.17, 15) is 26.3 Å². The number of carbonyl (C=O) groups excluding carboxylic acids is 2. The molecule has 12 aromatic heterocycles. The lowest BCUT2D eigenvalue weighted by atomic mass is 9.86. The van der Waals surface area contributed by atoms with Gasteiger partial charge in [-0.1, -0.05) is 66.2 Å². The number of anilines is 3. The van der Waals surface area contributed by atoms with Crippen LogP contribution in [0.1, 0.15) is 199 Å². The number of aromatic amines is 6. The fourth-order valence-corrected chi connectivity index (χ4v) is 18.7. The van der Waals surface area contributed by atoms with Crippen LogP contribution >= 0.6 is 68.0 Å². The van der Waals surface area contributed by atoms with E-state index in [1.807, 2.05) is 178 Å². The molecule has 5 fully saturated rings. The minimum Gasteiger partial charge on any atom is -1.00 e. The third kappa shape index (κ3) is 37.7. The zero-order chi connectivity index (χ0) is 99.0. The predicted molar refractivity (Wildman–Crippen MR) is 525 cm³/mol. The molecule has 21 nitrogen and oxygen atoms in total. The van der Waals surface area contributed by atoms with Crippen LogP contribution in [0, 0.1) is 142 Å². The molecule has 3 aliphatic carbocycles. The highest BCUT2D eigenvalue weighted by molar-refractivity contribution is 7.11. The van der Waals surface area contributed by atoms with E-state index in [4.69, 9.17) is 29.8 Å². The molecule has 0 amide bonds. The van der Waals surface area contributed by atoms with Gasteiger partial charge >= 0.3 is 12.4 Å². The Morgan fingerprint density at radius 2 is 0.846 bits per heavy atom. The average molecular weight is 2130 g/mol. The smallest absolute Gasteiger partial charge is 0.430 e. The second-order valence-corrected chi connectivity index (χ2v) is 40.0. The van der Waals surface area contributed by atoms with Gasteiger partial charge in [0, 0.05) is 93.2 Å². The minimum absolute atomic E-state index is 0. The highest BCUT2D eigenvalue weighted by Gasteiger charge is 2.44. The predicted octanol–water partition coefficient (Wildman–Crippen LogP) is 4.66. The standard InChI is InChI=1S/C19H16N2OS.C18H11N3S.C18H18N2S.C17H17N3S.C15H15N3S.C15H17N3S.2C2HF3O2.4ClH/c1-14-21-17(13-23-14)9-7-15-8-10-19(20-11-15)18-6-4-3-5-16(18)12-22-2;1-13-21-17(12-22-13)7-5-14-6-8-18(20-11-14)16-4-2-3-15(9-16)10-19;1-12-20-16(11-21-12)6-3-13-4-7-18(19-10-13)17-9-14-2-5-15(17)8-14;1-12-19-15(11-21-12)5-2-13-4-7-17(18-9-13)20-10-14-3-6-16(20)8-14;1-12-17-14(11-19-12)6-4-13-5-7-15(16-10-13)18-8-2-3-9-18;1-11-17-13(10-19-11)7-5-12-6-8-14(16-9-12)18-15(2,3)4;2*3-2(4,5)1(6)7;;;;/h3-6,8,10-11,13H,12H2,1-2H3;2-4,6,8-9,11-12H,1H3;4,7,10-11,14-15,17H,2,5,8-9H2,1H3;4,7,9,11,14,16H,3,6,8,10H2,1H3;5,7,10-11H,2-3,8-9H2,1H3;6,8-10H,1-4H3,(H,16,18);2*(H,6,7);4*1H. The van der Waals surface area contributed by atoms with Crippen molar-refractivity contribution < 1.29 is 130 Å². The van der Waals surface area contributed by atoms with Crippen LogP contribution in [-0.4, -0.2) is 92.5 Å². The number of piperidine rings is 1. The summed E-state index contributed by atoms with van der Waals surface area (Å²) in [5, 5.41) is 48.1. The molecule has 7 N–H and O–H groups in total. The summed E-state index contributed by atoms with van der Waals surface area (Å²) in [5.41, 5.74) is 18.2. The van der Waals surface area contributed by atoms with Crippen LogP contribution in [0.5, 0.6) is 0 Å². The van der Waals surface area contributed by atoms with Gasteiger partial charge in [-0.15, -0.1) is 68.0 Å². The maximum atomic E-state index is 10.5. The number of nitriles is 1. The lowest BCUT2D eigenvalue weighted by molar-refractivity contribution is -0.394. The van der Waals surface area contributed by atoms with Gasteiger partial charge in [-0.3, -0.25) is 15.1 Å². The Kier molecular flexibility index (Phi) is 45.3. The SMILES string of the molecule is COCc1ccccc1-c1ccc(C#Cc2csc(C)n2)c[nH+]1.Cc1nc(C#Cc2ccc(-c3cccc(C#N)c3)[nH+]c2)cs1.Cc1nc(C#Cc2ccc(C3CC4CCC3C4)[nH+]c2)cs1.Cc1nc(C#Cc2ccc(N3CC4CCC3C4)[nH+]c2)cs1.Cc1nc(C#Cc2ccc(N3CCCC3)[nH+]c2)cs1.Cc1nc(C#Cc2ccc(NC(C)(C)C)[nH+]c2)cs1.O=C([O-])C(F)(F)F.O=C([O-])C(F)(F)F.[Cl-].[Cl-].[Cl-].[Cl-]. The summed E-state index contributed by atoms with van der Waals surface area (Å²) in [7, 11) is 1.71. The van der Waals surface area contributed by atoms with Crippen LogP contribution in [0.3, 0.4) is 0 Å². The fourth-order valence-electron chi connectivity index (χ4n) is 15.4. The Balaban J connectivity index is 0.000000203. The van der Waals surface area contributed by atoms with E-state index >= 15 is 0 Å². The van der Waals surface area contributed by atoms with E-state index in [0.29, 0.717) is 12.2 Å². The van der Waals surface area contributed by atoms with E-state index in [1.54, 1.807) is 81.2 Å². The third-order valence-electron chi connectivity index (χ3n) is 21.8. The second-order valence-electron chi connectivity index (χ2n) is 33.6. The van der Waals surface area contributed by atoms with Crippen LogP contribution in [0.15, 0.2) is 191 Å². The number of benzene rings is 2. The van der Waals surface area contributed by atoms with Gasteiger partial charge in [-0.05, 0) is 227 Å². The summed E-state index contributed by atoms with van der Waals surface area (Å²) in [4.78, 5) is 68.5. The number of nitrogens with one attached hydrogen (secondary N) is 7. The largest absolute Gasteiger partial charge is 1.00 e. The number of nitrogens with zero attached hydrogens (tertiary/aromatic N) is 9. The molecule has 2 saturated heterocycles. The molecule has 5 atom stereocenters. The van der Waals surface area contributed by atoms with Crippen molar-refractivity contribution in [3.05, 3.63) is 305 Å². The Bertz CT molecular complexity index is 6810. The number of aryl methyl sites for hydroxylation is 6. The number of alkyl halides is 6. The van der Waals surface area contributed by atoms with Crippen molar-refractivity contribution in [1.29, 1.82) is 5.26 Å². The number of carbonyl (C=O) groups is 2. The Morgan fingerprint density at radius 3 is 1.17 bits per heavy atom. The molecule has 2 aliphatic heterocycles. The molecule has 5 aliphatic rings. The number of rotatable bonds is 8. The fraction of sp³-hybridized carbons (Fsp3) is 0.292. The van der Waals surface area contributed by atoms with Gasteiger partial charge in [0.2, 0.25) is 11.4 Å². The molecule has 14 heterocycles. The number of fused-ring (bicyclic) bond motifs is 4. The van der Waals surface area contributed by atoms with E-state index in [0.717, 1.165) is 174 Å². The maximum Gasteiger partial charge on any atom is 0.430 e. The monoisotopic (exact) mass is 2120 g/mol. The van der Waals surface area contributed by atoms with Crippen molar-refractivity contribution in [1.82, 2.24) is 29.9 Å². The molecule has 143 heavy (non-hydrogen) atoms. The lowest BCUT2D eigenvalue weighted by Gasteiger charge is -2.20. The number of aromatic nitrogens is 12. The van der Waals surface area contributed by atoms with Gasteiger partial charge in [0.1, 0.15) is 64.7 Å². The van der Waals surface area contributed by atoms with Crippen molar-refractivity contribution in [3.63, 3.8) is 0 Å². The van der Waals surface area contributed by atoms with Crippen molar-refractivity contribution in [3.8, 4) is 99.6 Å². The zero-order valence-corrected chi connectivity index (χ0v) is 87.3. The Morgan fingerprint density at radius 1 is 0.448 bits per heavy atom. The number of carboxylic acid groups (broad SMARTS) is 2. The van der Waals surface area contributed by atoms with Crippen molar-refractivity contribution in [2.75, 3.05) is 41.9 Å². The van der Waals surface area contributed by atoms with E-state index in [1.165, 1.54) is 81.7 Å². The van der Waals surface area contributed by atoms with Gasteiger partial charge < -0.3 is 74.2 Å². The van der Waals surface area contributed by atoms with Crippen LogP contribution in [0.2, 0.25) is 0 Å². The molecule has 3 saturated carbocycles. The van der Waals surface area contributed by atoms with Gasteiger partial charge in [0.05, 0.1) is 118 Å². The van der Waals surface area contributed by atoms with Gasteiger partial charge in [0.15, 0.2) is 24.3 Å². The van der Waals surface area contributed by atoms with Gasteiger partial charge in [-0.25, -0.2) is 59.8 Å². The van der Waals surface area contributed by atoms with Crippen molar-refractivity contribution >= 4 is 97.4 Å². The summed E-state index contributed by atoms with van der Waals surface area (Å²) in [5.74, 6) is 38.3. The number of methoxy groups -OCH3 is 1. The first-order valence-corrected chi connectivity index (χ1v) is 49.7. The van der Waals surface area contributed by atoms with Crippen LogP contribution in [0.4, 0.5) is 43.8 Å². The molecule has 2 aromatic carbocycles. The lowest BCUT2D eigenvalue weighted by Crippen LogP contribution is -3.00. The van der Waals surface area contributed by atoms with Gasteiger partial charge in [0.25, 0.3) is 17.5 Å². The summed E-state index contributed by atoms with van der Waals surface area (Å²) >= 11 is 9.74. The minimum atomic E-state index is -5.19. The molecule has 37 heteroatoms. The third-order valence-corrected chi connectivity index (χ3v) is 26.4. The van der Waals surface area contributed by atoms with Crippen LogP contribution in [0.25, 0.3) is 22.5 Å².